The molecule has 1 aliphatic heterocycles. The average molecular weight is 182 g/mol. The topological polar surface area (TPSA) is 38.5 Å². The van der Waals surface area contributed by atoms with Gasteiger partial charge in [-0.2, -0.15) is 0 Å². The molecule has 0 amide bonds. The van der Waals surface area contributed by atoms with E-state index in [-0.39, 0.29) is 0 Å². The molecule has 4 heteroatoms. The van der Waals surface area contributed by atoms with Crippen molar-refractivity contribution >= 4 is 0 Å². The lowest BCUT2D eigenvalue weighted by Crippen LogP contribution is -2.16. The first-order valence-corrected chi connectivity index (χ1v) is 4.52. The number of methoxy groups -OCH3 is 1. The maximum absolute atomic E-state index is 5.19. The van der Waals surface area contributed by atoms with Crippen molar-refractivity contribution in [1.82, 2.24) is 10.1 Å². The lowest BCUT2D eigenvalue weighted by Gasteiger charge is -2.15. The normalized spacial score (nSPS) is 23.7. The highest BCUT2D eigenvalue weighted by Crippen LogP contribution is 2.31. The fraction of sp³-hybridized carbons (Fsp3) is 0.667. The predicted octanol–water partition coefficient (Wildman–Crippen LogP) is 1.45. The van der Waals surface area contributed by atoms with Gasteiger partial charge in [0.2, 0.25) is 0 Å². The maximum Gasteiger partial charge on any atom is 0.254 e. The molecule has 1 fully saturated rings. The molecule has 0 aromatic carbocycles. The summed E-state index contributed by atoms with van der Waals surface area (Å²) in [5.41, 5.74) is 0. The number of nitrogens with zero attached hydrogens (tertiary/aromatic N) is 2. The van der Waals surface area contributed by atoms with Crippen LogP contribution in [-0.4, -0.2) is 30.8 Å². The zero-order valence-electron chi connectivity index (χ0n) is 7.99. The number of aromatic nitrogens is 1. The van der Waals surface area contributed by atoms with E-state index >= 15 is 0 Å². The van der Waals surface area contributed by atoms with Crippen molar-refractivity contribution in [1.29, 1.82) is 0 Å². The van der Waals surface area contributed by atoms with E-state index in [0.29, 0.717) is 11.9 Å². The third kappa shape index (κ3) is 1.54. The summed E-state index contributed by atoms with van der Waals surface area (Å²) in [7, 11) is 3.70. The minimum Gasteiger partial charge on any atom is -0.479 e. The van der Waals surface area contributed by atoms with Gasteiger partial charge in [-0.15, -0.1) is 0 Å². The molecule has 72 valence electrons. The fourth-order valence-electron chi connectivity index (χ4n) is 1.80. The van der Waals surface area contributed by atoms with Crippen LogP contribution in [0.5, 0.6) is 5.88 Å². The van der Waals surface area contributed by atoms with Gasteiger partial charge >= 0.3 is 0 Å². The molecule has 13 heavy (non-hydrogen) atoms. The van der Waals surface area contributed by atoms with Gasteiger partial charge in [-0.25, -0.2) is 0 Å². The fourth-order valence-corrected chi connectivity index (χ4v) is 1.80. The van der Waals surface area contributed by atoms with Gasteiger partial charge in [-0.3, -0.25) is 4.90 Å². The third-order valence-electron chi connectivity index (χ3n) is 2.56. The summed E-state index contributed by atoms with van der Waals surface area (Å²) in [4.78, 5) is 2.28. The molecule has 2 rings (SSSR count). The molecule has 4 nitrogen and oxygen atoms in total. The Balaban J connectivity index is 2.15. The van der Waals surface area contributed by atoms with E-state index in [1.54, 1.807) is 7.11 Å². The van der Waals surface area contributed by atoms with Gasteiger partial charge in [0.1, 0.15) is 0 Å². The second-order valence-corrected chi connectivity index (χ2v) is 3.41. The highest BCUT2D eigenvalue weighted by molar-refractivity contribution is 5.14. The Morgan fingerprint density at radius 3 is 3.08 bits per heavy atom. The van der Waals surface area contributed by atoms with Gasteiger partial charge in [0.15, 0.2) is 5.76 Å². The molecule has 1 saturated heterocycles. The molecule has 1 aliphatic rings. The van der Waals surface area contributed by atoms with Gasteiger partial charge in [-0.1, -0.05) is 0 Å². The number of hydrogen-bond acceptors (Lipinski definition) is 4. The standard InChI is InChI=1S/C9H14N2O2/c1-11-5-3-4-7(11)8-6-9(12-2)10-13-8/h6-7H,3-5H2,1-2H3. The van der Waals surface area contributed by atoms with Gasteiger partial charge in [0.25, 0.3) is 5.88 Å². The zero-order chi connectivity index (χ0) is 9.26. The average Bonchev–Trinajstić information content (AvgIpc) is 2.71. The molecule has 1 atom stereocenters. The summed E-state index contributed by atoms with van der Waals surface area (Å²) < 4.78 is 10.2. The quantitative estimate of drug-likeness (QED) is 0.694. The predicted molar refractivity (Wildman–Crippen MR) is 47.7 cm³/mol. The van der Waals surface area contributed by atoms with E-state index in [4.69, 9.17) is 9.26 Å². The summed E-state index contributed by atoms with van der Waals surface area (Å²) in [6.45, 7) is 1.13. The summed E-state index contributed by atoms with van der Waals surface area (Å²) in [6.07, 6.45) is 2.37. The minimum absolute atomic E-state index is 0.386. The lowest BCUT2D eigenvalue weighted by atomic mass is 10.2. The van der Waals surface area contributed by atoms with Crippen LogP contribution in [0, 0.1) is 0 Å². The summed E-state index contributed by atoms with van der Waals surface area (Å²) >= 11 is 0. The van der Waals surface area contributed by atoms with Crippen molar-refractivity contribution in [2.24, 2.45) is 0 Å². The van der Waals surface area contributed by atoms with Crippen LogP contribution in [0.3, 0.4) is 0 Å². The van der Waals surface area contributed by atoms with E-state index in [2.05, 4.69) is 17.1 Å². The Bertz CT molecular complexity index is 285. The maximum atomic E-state index is 5.19. The van der Waals surface area contributed by atoms with Crippen molar-refractivity contribution < 1.29 is 9.26 Å². The SMILES string of the molecule is COc1cc(C2CCCN2C)on1. The van der Waals surface area contributed by atoms with Crippen molar-refractivity contribution in [2.75, 3.05) is 20.7 Å². The van der Waals surface area contributed by atoms with Crippen LogP contribution in [0.1, 0.15) is 24.6 Å². The van der Waals surface area contributed by atoms with Crippen LogP contribution in [0.2, 0.25) is 0 Å². The lowest BCUT2D eigenvalue weighted by molar-refractivity contribution is 0.246. The molecular weight excluding hydrogens is 168 g/mol. The van der Waals surface area contributed by atoms with Crippen molar-refractivity contribution in [3.05, 3.63) is 11.8 Å². The number of likely N-dealkylation sites (tertiary alicyclic amines) is 1. The van der Waals surface area contributed by atoms with E-state index in [1.807, 2.05) is 6.07 Å². The van der Waals surface area contributed by atoms with E-state index < -0.39 is 0 Å². The molecule has 0 N–H and O–H groups in total. The number of ether oxygens (including phenoxy) is 1. The Morgan fingerprint density at radius 2 is 2.54 bits per heavy atom. The molecule has 0 aliphatic carbocycles. The van der Waals surface area contributed by atoms with Crippen molar-refractivity contribution in [3.8, 4) is 5.88 Å². The van der Waals surface area contributed by atoms with Crippen LogP contribution >= 0.6 is 0 Å². The van der Waals surface area contributed by atoms with Crippen molar-refractivity contribution in [3.63, 3.8) is 0 Å². The number of rotatable bonds is 2. The Morgan fingerprint density at radius 1 is 1.69 bits per heavy atom. The second-order valence-electron chi connectivity index (χ2n) is 3.41. The second kappa shape index (κ2) is 3.38. The van der Waals surface area contributed by atoms with Crippen molar-refractivity contribution in [2.45, 2.75) is 18.9 Å². The first kappa shape index (κ1) is 8.56. The molecule has 0 radical (unpaired) electrons. The molecule has 0 spiro atoms. The first-order valence-electron chi connectivity index (χ1n) is 4.52. The molecule has 0 saturated carbocycles. The molecule has 1 aromatic heterocycles. The minimum atomic E-state index is 0.386. The largest absolute Gasteiger partial charge is 0.479 e. The summed E-state index contributed by atoms with van der Waals surface area (Å²) in [5, 5.41) is 3.79. The van der Waals surface area contributed by atoms with Gasteiger partial charge in [0.05, 0.1) is 13.2 Å². The van der Waals surface area contributed by atoms with Gasteiger partial charge in [-0.05, 0) is 31.6 Å². The zero-order valence-corrected chi connectivity index (χ0v) is 7.99. The van der Waals surface area contributed by atoms with Crippen LogP contribution < -0.4 is 4.74 Å². The molecule has 1 aromatic rings. The Kier molecular flexibility index (Phi) is 2.22. The Hall–Kier alpha value is -1.03. The van der Waals surface area contributed by atoms with Crippen LogP contribution in [0.4, 0.5) is 0 Å². The molecule has 0 bridgehead atoms. The van der Waals surface area contributed by atoms with E-state index in [0.717, 1.165) is 18.7 Å². The van der Waals surface area contributed by atoms with Gasteiger partial charge in [0, 0.05) is 6.07 Å². The van der Waals surface area contributed by atoms with E-state index in [1.165, 1.54) is 6.42 Å². The Labute approximate surface area is 77.5 Å². The number of hydrogen-bond donors (Lipinski definition) is 0. The molecular formula is C9H14N2O2. The van der Waals surface area contributed by atoms with Crippen LogP contribution in [0.15, 0.2) is 10.6 Å². The first-order chi connectivity index (χ1) is 6.31. The van der Waals surface area contributed by atoms with Crippen LogP contribution in [-0.2, 0) is 0 Å². The molecule has 1 unspecified atom stereocenters. The monoisotopic (exact) mass is 182 g/mol. The smallest absolute Gasteiger partial charge is 0.254 e. The van der Waals surface area contributed by atoms with E-state index in [9.17, 15) is 0 Å². The summed E-state index contributed by atoms with van der Waals surface area (Å²) in [5.74, 6) is 1.48. The van der Waals surface area contributed by atoms with Crippen LogP contribution in [0.25, 0.3) is 0 Å². The summed E-state index contributed by atoms with van der Waals surface area (Å²) in [6, 6.07) is 2.25. The van der Waals surface area contributed by atoms with Gasteiger partial charge < -0.3 is 9.26 Å². The highest BCUT2D eigenvalue weighted by Gasteiger charge is 2.26. The highest BCUT2D eigenvalue weighted by atomic mass is 16.5. The third-order valence-corrected chi connectivity index (χ3v) is 2.56. The molecule has 2 heterocycles.